The molecule has 4 saturated carbocycles. The van der Waals surface area contributed by atoms with Gasteiger partial charge in [-0.3, -0.25) is 4.79 Å². The standard InChI is InChI=1S/C24H27NO3/c1-25(14-24-11-15-6-16(12-24)8-17(7-15)13-24)22(26)20-9-18-4-2-3-5-19(18)10-21(20)23(27)28/h2-5,9-10,15-17H,6-8,11-14H2,1H3,(H,27,28). The Morgan fingerprint density at radius 1 is 0.964 bits per heavy atom. The molecule has 0 saturated heterocycles. The molecule has 4 aliphatic rings. The smallest absolute Gasteiger partial charge is 0.336 e. The van der Waals surface area contributed by atoms with Crippen molar-refractivity contribution < 1.29 is 14.7 Å². The molecule has 6 rings (SSSR count). The molecule has 0 heterocycles. The molecule has 4 heteroatoms. The predicted molar refractivity (Wildman–Crippen MR) is 108 cm³/mol. The monoisotopic (exact) mass is 377 g/mol. The third-order valence-corrected chi connectivity index (χ3v) is 7.43. The molecule has 0 unspecified atom stereocenters. The molecule has 4 fully saturated rings. The summed E-state index contributed by atoms with van der Waals surface area (Å²) in [6, 6.07) is 11.0. The van der Waals surface area contributed by atoms with Gasteiger partial charge in [0.05, 0.1) is 11.1 Å². The fourth-order valence-electron chi connectivity index (χ4n) is 6.86. The van der Waals surface area contributed by atoms with E-state index < -0.39 is 5.97 Å². The fourth-order valence-corrected chi connectivity index (χ4v) is 6.86. The van der Waals surface area contributed by atoms with Gasteiger partial charge >= 0.3 is 5.97 Å². The first-order valence-corrected chi connectivity index (χ1v) is 10.4. The van der Waals surface area contributed by atoms with Crippen molar-refractivity contribution in [3.8, 4) is 0 Å². The van der Waals surface area contributed by atoms with E-state index in [1.165, 1.54) is 38.5 Å². The van der Waals surface area contributed by atoms with E-state index in [9.17, 15) is 14.7 Å². The lowest BCUT2D eigenvalue weighted by Crippen LogP contribution is -2.51. The summed E-state index contributed by atoms with van der Waals surface area (Å²) in [5.74, 6) is 1.30. The maximum Gasteiger partial charge on any atom is 0.336 e. The summed E-state index contributed by atoms with van der Waals surface area (Å²) in [5, 5.41) is 11.4. The third-order valence-electron chi connectivity index (χ3n) is 7.43. The Bertz CT molecular complexity index is 928. The van der Waals surface area contributed by atoms with Crippen molar-refractivity contribution in [3.05, 3.63) is 47.5 Å². The number of hydrogen-bond acceptors (Lipinski definition) is 2. The van der Waals surface area contributed by atoms with Crippen molar-refractivity contribution in [3.63, 3.8) is 0 Å². The molecular weight excluding hydrogens is 350 g/mol. The molecule has 0 aliphatic heterocycles. The van der Waals surface area contributed by atoms with Crippen LogP contribution in [0.15, 0.2) is 36.4 Å². The molecule has 4 nitrogen and oxygen atoms in total. The number of aromatic carboxylic acids is 1. The van der Waals surface area contributed by atoms with Crippen LogP contribution in [0.4, 0.5) is 0 Å². The number of amides is 1. The van der Waals surface area contributed by atoms with Crippen LogP contribution in [0.25, 0.3) is 10.8 Å². The van der Waals surface area contributed by atoms with Crippen LogP contribution in [0.2, 0.25) is 0 Å². The first-order valence-electron chi connectivity index (χ1n) is 10.4. The molecule has 4 aliphatic carbocycles. The summed E-state index contributed by atoms with van der Waals surface area (Å²) < 4.78 is 0. The maximum atomic E-state index is 13.3. The van der Waals surface area contributed by atoms with Crippen LogP contribution >= 0.6 is 0 Å². The zero-order valence-electron chi connectivity index (χ0n) is 16.4. The number of nitrogens with zero attached hydrogens (tertiary/aromatic N) is 1. The lowest BCUT2D eigenvalue weighted by Gasteiger charge is -2.57. The Balaban J connectivity index is 1.44. The zero-order chi connectivity index (χ0) is 19.5. The molecule has 28 heavy (non-hydrogen) atoms. The van der Waals surface area contributed by atoms with Gasteiger partial charge in [-0.15, -0.1) is 0 Å². The number of rotatable bonds is 4. The van der Waals surface area contributed by atoms with Crippen LogP contribution in [0.3, 0.4) is 0 Å². The molecule has 0 spiro atoms. The molecule has 0 atom stereocenters. The van der Waals surface area contributed by atoms with Gasteiger partial charge in [0.1, 0.15) is 0 Å². The van der Waals surface area contributed by atoms with Crippen LogP contribution in [0.5, 0.6) is 0 Å². The second-order valence-corrected chi connectivity index (χ2v) is 9.63. The molecule has 0 aromatic heterocycles. The number of carboxylic acids is 1. The van der Waals surface area contributed by atoms with Gasteiger partial charge in [0.2, 0.25) is 0 Å². The van der Waals surface area contributed by atoms with E-state index in [4.69, 9.17) is 0 Å². The van der Waals surface area contributed by atoms with Gasteiger partial charge in [-0.2, -0.15) is 0 Å². The first kappa shape index (κ1) is 17.7. The quantitative estimate of drug-likeness (QED) is 0.830. The van der Waals surface area contributed by atoms with E-state index in [1.807, 2.05) is 31.3 Å². The summed E-state index contributed by atoms with van der Waals surface area (Å²) in [5.41, 5.74) is 0.652. The van der Waals surface area contributed by atoms with E-state index >= 15 is 0 Å². The minimum Gasteiger partial charge on any atom is -0.478 e. The first-order chi connectivity index (χ1) is 13.4. The minimum atomic E-state index is -1.04. The van der Waals surface area contributed by atoms with Crippen molar-refractivity contribution in [1.82, 2.24) is 4.90 Å². The van der Waals surface area contributed by atoms with E-state index in [-0.39, 0.29) is 16.9 Å². The van der Waals surface area contributed by atoms with Gasteiger partial charge in [0.25, 0.3) is 5.91 Å². The Kier molecular flexibility index (Phi) is 4.01. The van der Waals surface area contributed by atoms with Gasteiger partial charge in [0, 0.05) is 13.6 Å². The van der Waals surface area contributed by atoms with Crippen molar-refractivity contribution in [2.75, 3.05) is 13.6 Å². The highest BCUT2D eigenvalue weighted by atomic mass is 16.4. The molecular formula is C24H27NO3. The van der Waals surface area contributed by atoms with Gasteiger partial charge < -0.3 is 10.0 Å². The minimum absolute atomic E-state index is 0.0982. The van der Waals surface area contributed by atoms with Gasteiger partial charge in [-0.25, -0.2) is 4.79 Å². The molecule has 4 bridgehead atoms. The molecule has 146 valence electrons. The maximum absolute atomic E-state index is 13.3. The number of fused-ring (bicyclic) bond motifs is 1. The summed E-state index contributed by atoms with van der Waals surface area (Å²) in [6.45, 7) is 0.751. The number of hydrogen-bond donors (Lipinski definition) is 1. The molecule has 2 aromatic carbocycles. The summed E-state index contributed by atoms with van der Waals surface area (Å²) in [4.78, 5) is 26.9. The fraction of sp³-hybridized carbons (Fsp3) is 0.500. The second-order valence-electron chi connectivity index (χ2n) is 9.63. The second kappa shape index (κ2) is 6.33. The Morgan fingerprint density at radius 2 is 1.46 bits per heavy atom. The van der Waals surface area contributed by atoms with Crippen LogP contribution in [0.1, 0.15) is 59.2 Å². The van der Waals surface area contributed by atoms with E-state index in [2.05, 4.69) is 0 Å². The Labute approximate surface area is 165 Å². The van der Waals surface area contributed by atoms with Gasteiger partial charge in [-0.05, 0) is 84.6 Å². The Hall–Kier alpha value is -2.36. The van der Waals surface area contributed by atoms with Crippen molar-refractivity contribution >= 4 is 22.6 Å². The largest absolute Gasteiger partial charge is 0.478 e. The highest BCUT2D eigenvalue weighted by molar-refractivity contribution is 6.08. The topological polar surface area (TPSA) is 57.6 Å². The summed E-state index contributed by atoms with van der Waals surface area (Å²) >= 11 is 0. The van der Waals surface area contributed by atoms with Crippen LogP contribution in [0, 0.1) is 23.2 Å². The summed E-state index contributed by atoms with van der Waals surface area (Å²) in [6.07, 6.45) is 7.85. The SMILES string of the molecule is CN(CC12CC3CC(CC(C3)C1)C2)C(=O)c1cc2ccccc2cc1C(=O)O. The molecule has 0 radical (unpaired) electrons. The van der Waals surface area contributed by atoms with Gasteiger partial charge in [-0.1, -0.05) is 24.3 Å². The van der Waals surface area contributed by atoms with Crippen LogP contribution < -0.4 is 0 Å². The van der Waals surface area contributed by atoms with E-state index in [0.717, 1.165) is 35.1 Å². The van der Waals surface area contributed by atoms with E-state index in [0.29, 0.717) is 5.56 Å². The molecule has 1 amide bonds. The van der Waals surface area contributed by atoms with Crippen molar-refractivity contribution in [1.29, 1.82) is 0 Å². The lowest BCUT2D eigenvalue weighted by atomic mass is 9.49. The highest BCUT2D eigenvalue weighted by Gasteiger charge is 2.51. The van der Waals surface area contributed by atoms with Gasteiger partial charge in [0.15, 0.2) is 0 Å². The van der Waals surface area contributed by atoms with Crippen LogP contribution in [-0.2, 0) is 0 Å². The highest BCUT2D eigenvalue weighted by Crippen LogP contribution is 2.60. The molecule has 2 aromatic rings. The van der Waals surface area contributed by atoms with Crippen molar-refractivity contribution in [2.45, 2.75) is 38.5 Å². The summed E-state index contributed by atoms with van der Waals surface area (Å²) in [7, 11) is 1.85. The Morgan fingerprint density at radius 3 is 1.96 bits per heavy atom. The number of benzene rings is 2. The number of carboxylic acid groups (broad SMARTS) is 1. The van der Waals surface area contributed by atoms with Crippen LogP contribution in [-0.4, -0.2) is 35.5 Å². The molecule has 1 N–H and O–H groups in total. The average Bonchev–Trinajstić information content (AvgIpc) is 2.64. The predicted octanol–water partition coefficient (Wildman–Crippen LogP) is 4.83. The lowest BCUT2D eigenvalue weighted by molar-refractivity contribution is -0.0629. The zero-order valence-corrected chi connectivity index (χ0v) is 16.4. The number of carbonyl (C=O) groups is 2. The third kappa shape index (κ3) is 2.90. The van der Waals surface area contributed by atoms with Crippen molar-refractivity contribution in [2.24, 2.45) is 23.2 Å². The average molecular weight is 377 g/mol. The van der Waals surface area contributed by atoms with E-state index in [1.54, 1.807) is 17.0 Å². The normalized spacial score (nSPS) is 30.5. The number of carbonyl (C=O) groups excluding carboxylic acids is 1.